The van der Waals surface area contributed by atoms with Gasteiger partial charge in [-0.2, -0.15) is 4.73 Å². The fourth-order valence-corrected chi connectivity index (χ4v) is 0.846. The Morgan fingerprint density at radius 1 is 1.69 bits per heavy atom. The molecule has 0 aliphatic heterocycles. The molecule has 1 aromatic heterocycles. The van der Waals surface area contributed by atoms with Crippen LogP contribution < -0.4 is 4.73 Å². The molecule has 0 spiro atoms. The Hall–Kier alpha value is -1.62. The third-order valence-electron chi connectivity index (χ3n) is 1.58. The van der Waals surface area contributed by atoms with Crippen LogP contribution in [-0.4, -0.2) is 25.1 Å². The van der Waals surface area contributed by atoms with E-state index in [1.165, 1.54) is 32.6 Å². The molecule has 0 aliphatic carbocycles. The van der Waals surface area contributed by atoms with Gasteiger partial charge in [-0.25, -0.2) is 5.06 Å². The monoisotopic (exact) mass is 182 g/mol. The van der Waals surface area contributed by atoms with Crippen molar-refractivity contribution in [3.05, 3.63) is 35.3 Å². The number of pyridine rings is 1. The molecule has 0 aromatic carbocycles. The Morgan fingerprint density at radius 2 is 2.38 bits per heavy atom. The SMILES string of the molecule is CON(C)C(=O)c1ccc[n+]([O-])c1. The minimum Gasteiger partial charge on any atom is -0.619 e. The van der Waals surface area contributed by atoms with Crippen molar-refractivity contribution in [3.8, 4) is 0 Å². The number of hydrogen-bond donors (Lipinski definition) is 0. The number of rotatable bonds is 2. The Morgan fingerprint density at radius 3 is 2.92 bits per heavy atom. The summed E-state index contributed by atoms with van der Waals surface area (Å²) in [4.78, 5) is 16.1. The number of hydroxylamine groups is 2. The predicted octanol–water partition coefficient (Wildman–Crippen LogP) is -0.0466. The van der Waals surface area contributed by atoms with Gasteiger partial charge in [0, 0.05) is 13.1 Å². The number of carbonyl (C=O) groups is 1. The smallest absolute Gasteiger partial charge is 0.283 e. The van der Waals surface area contributed by atoms with E-state index in [-0.39, 0.29) is 5.91 Å². The Bertz CT molecular complexity index is 314. The van der Waals surface area contributed by atoms with Crippen LogP contribution in [0.5, 0.6) is 0 Å². The summed E-state index contributed by atoms with van der Waals surface area (Å²) >= 11 is 0. The topological polar surface area (TPSA) is 56.5 Å². The van der Waals surface area contributed by atoms with Gasteiger partial charge in [0.05, 0.1) is 7.11 Å². The molecule has 1 amide bonds. The second kappa shape index (κ2) is 3.86. The lowest BCUT2D eigenvalue weighted by Gasteiger charge is -2.12. The number of carbonyl (C=O) groups excluding carboxylic acids is 1. The lowest BCUT2D eigenvalue weighted by Crippen LogP contribution is -2.30. The molecule has 1 rings (SSSR count). The van der Waals surface area contributed by atoms with Gasteiger partial charge in [-0.1, -0.05) is 0 Å². The molecule has 5 nitrogen and oxygen atoms in total. The summed E-state index contributed by atoms with van der Waals surface area (Å²) < 4.78 is 0.566. The van der Waals surface area contributed by atoms with E-state index in [0.717, 1.165) is 5.06 Å². The third kappa shape index (κ3) is 2.16. The molecule has 0 saturated carbocycles. The van der Waals surface area contributed by atoms with Gasteiger partial charge in [0.25, 0.3) is 5.91 Å². The van der Waals surface area contributed by atoms with E-state index < -0.39 is 0 Å². The quantitative estimate of drug-likeness (QED) is 0.366. The minimum atomic E-state index is -0.354. The van der Waals surface area contributed by atoms with Crippen molar-refractivity contribution >= 4 is 5.91 Å². The van der Waals surface area contributed by atoms with Crippen LogP contribution in [0.15, 0.2) is 24.5 Å². The van der Waals surface area contributed by atoms with Gasteiger partial charge in [-0.15, -0.1) is 0 Å². The zero-order chi connectivity index (χ0) is 9.84. The summed E-state index contributed by atoms with van der Waals surface area (Å²) in [6.45, 7) is 0. The van der Waals surface area contributed by atoms with Gasteiger partial charge in [0.15, 0.2) is 12.4 Å². The van der Waals surface area contributed by atoms with Gasteiger partial charge in [-0.3, -0.25) is 9.63 Å². The van der Waals surface area contributed by atoms with Crippen molar-refractivity contribution in [2.24, 2.45) is 0 Å². The normalized spacial score (nSPS) is 9.69. The van der Waals surface area contributed by atoms with E-state index in [9.17, 15) is 10.0 Å². The van der Waals surface area contributed by atoms with Crippen LogP contribution in [0.25, 0.3) is 0 Å². The molecule has 1 aromatic rings. The summed E-state index contributed by atoms with van der Waals surface area (Å²) in [6.07, 6.45) is 2.50. The maximum absolute atomic E-state index is 11.4. The predicted molar refractivity (Wildman–Crippen MR) is 44.5 cm³/mol. The van der Waals surface area contributed by atoms with Crippen molar-refractivity contribution in [1.82, 2.24) is 5.06 Å². The molecule has 0 fully saturated rings. The second-order valence-corrected chi connectivity index (χ2v) is 2.44. The molecule has 0 N–H and O–H groups in total. The molecule has 1 heterocycles. The molecule has 0 aliphatic rings. The Labute approximate surface area is 75.7 Å². The van der Waals surface area contributed by atoms with Crippen LogP contribution in [0.2, 0.25) is 0 Å². The molecule has 0 atom stereocenters. The lowest BCUT2D eigenvalue weighted by atomic mass is 10.3. The highest BCUT2D eigenvalue weighted by molar-refractivity contribution is 5.92. The number of aromatic nitrogens is 1. The van der Waals surface area contributed by atoms with Gasteiger partial charge < -0.3 is 5.21 Å². The first-order valence-electron chi connectivity index (χ1n) is 3.66. The van der Waals surface area contributed by atoms with Gasteiger partial charge in [0.2, 0.25) is 0 Å². The van der Waals surface area contributed by atoms with E-state index in [2.05, 4.69) is 4.84 Å². The molecular weight excluding hydrogens is 172 g/mol. The van der Waals surface area contributed by atoms with E-state index in [4.69, 9.17) is 0 Å². The van der Waals surface area contributed by atoms with Gasteiger partial charge in [-0.05, 0) is 6.07 Å². The largest absolute Gasteiger partial charge is 0.619 e. The van der Waals surface area contributed by atoms with Crippen molar-refractivity contribution in [1.29, 1.82) is 0 Å². The first kappa shape index (κ1) is 9.47. The number of amides is 1. The summed E-state index contributed by atoms with van der Waals surface area (Å²) in [5, 5.41) is 11.9. The lowest BCUT2D eigenvalue weighted by molar-refractivity contribution is -0.605. The molecule has 0 saturated heterocycles. The van der Waals surface area contributed by atoms with Crippen LogP contribution in [0.4, 0.5) is 0 Å². The summed E-state index contributed by atoms with van der Waals surface area (Å²) in [6, 6.07) is 3.05. The fraction of sp³-hybridized carbons (Fsp3) is 0.250. The van der Waals surface area contributed by atoms with Crippen molar-refractivity contribution in [2.75, 3.05) is 14.2 Å². The molecule has 0 radical (unpaired) electrons. The summed E-state index contributed by atoms with van der Waals surface area (Å²) in [7, 11) is 2.86. The Kier molecular flexibility index (Phi) is 2.81. The average Bonchev–Trinajstić information content (AvgIpc) is 2.15. The molecule has 13 heavy (non-hydrogen) atoms. The highest BCUT2D eigenvalue weighted by atomic mass is 16.7. The van der Waals surface area contributed by atoms with Crippen LogP contribution in [0.3, 0.4) is 0 Å². The van der Waals surface area contributed by atoms with E-state index in [1.807, 2.05) is 0 Å². The fourth-order valence-electron chi connectivity index (χ4n) is 0.846. The van der Waals surface area contributed by atoms with E-state index in [0.29, 0.717) is 10.3 Å². The third-order valence-corrected chi connectivity index (χ3v) is 1.58. The standard InChI is InChI=1S/C8H10N2O3/c1-9(13-2)8(11)7-4-3-5-10(12)6-7/h3-6H,1-2H3. The molecule has 5 heteroatoms. The van der Waals surface area contributed by atoms with Crippen molar-refractivity contribution in [2.45, 2.75) is 0 Å². The molecular formula is C8H10N2O3. The van der Waals surface area contributed by atoms with Crippen LogP contribution >= 0.6 is 0 Å². The highest BCUT2D eigenvalue weighted by Crippen LogP contribution is 1.99. The van der Waals surface area contributed by atoms with Gasteiger partial charge >= 0.3 is 0 Å². The Balaban J connectivity index is 2.89. The van der Waals surface area contributed by atoms with Gasteiger partial charge in [0.1, 0.15) is 5.56 Å². The first-order chi connectivity index (χ1) is 6.15. The number of hydrogen-bond acceptors (Lipinski definition) is 3. The first-order valence-corrected chi connectivity index (χ1v) is 3.66. The van der Waals surface area contributed by atoms with Crippen LogP contribution in [-0.2, 0) is 4.84 Å². The summed E-state index contributed by atoms with van der Waals surface area (Å²) in [5.74, 6) is -0.354. The maximum Gasteiger partial charge on any atom is 0.283 e. The zero-order valence-corrected chi connectivity index (χ0v) is 7.43. The van der Waals surface area contributed by atoms with Crippen molar-refractivity contribution < 1.29 is 14.4 Å². The average molecular weight is 182 g/mol. The highest BCUT2D eigenvalue weighted by Gasteiger charge is 2.13. The summed E-state index contributed by atoms with van der Waals surface area (Å²) in [5.41, 5.74) is 0.293. The van der Waals surface area contributed by atoms with E-state index in [1.54, 1.807) is 6.07 Å². The van der Waals surface area contributed by atoms with Crippen molar-refractivity contribution in [3.63, 3.8) is 0 Å². The van der Waals surface area contributed by atoms with Crippen LogP contribution in [0, 0.1) is 5.21 Å². The number of nitrogens with zero attached hydrogens (tertiary/aromatic N) is 2. The zero-order valence-electron chi connectivity index (χ0n) is 7.43. The molecule has 0 bridgehead atoms. The van der Waals surface area contributed by atoms with Crippen LogP contribution in [0.1, 0.15) is 10.4 Å². The molecule has 70 valence electrons. The minimum absolute atomic E-state index is 0.293. The second-order valence-electron chi connectivity index (χ2n) is 2.44. The molecule has 0 unspecified atom stereocenters. The van der Waals surface area contributed by atoms with E-state index >= 15 is 0 Å². The maximum atomic E-state index is 11.4.